The molecule has 33 heteroatoms. The Hall–Kier alpha value is -11.1. The van der Waals surface area contributed by atoms with E-state index in [2.05, 4.69) is 85.8 Å². The van der Waals surface area contributed by atoms with E-state index in [1.165, 1.54) is 41.3 Å². The number of nitrogens with zero attached hydrogens (tertiary/aromatic N) is 14. The summed E-state index contributed by atoms with van der Waals surface area (Å²) in [6.07, 6.45) is 21.4. The fourth-order valence-electron chi connectivity index (χ4n) is 7.84. The number of carboxylic acid groups (broad SMARTS) is 1. The summed E-state index contributed by atoms with van der Waals surface area (Å²) in [5.74, 6) is -1.56. The van der Waals surface area contributed by atoms with Gasteiger partial charge in [-0.15, -0.1) is 0 Å². The molecule has 12 aromatic rings. The van der Waals surface area contributed by atoms with Crippen molar-refractivity contribution in [2.75, 3.05) is 50.8 Å². The van der Waals surface area contributed by atoms with Gasteiger partial charge in [-0.2, -0.15) is 0 Å². The van der Waals surface area contributed by atoms with Crippen molar-refractivity contribution in [2.45, 2.75) is 27.0 Å². The fourth-order valence-corrected chi connectivity index (χ4v) is 8.04. The molecule has 5 aromatic carbocycles. The van der Waals surface area contributed by atoms with Crippen LogP contribution in [0.2, 0.25) is 0 Å². The molecule has 0 spiro atoms. The molecule has 12 rings (SSSR count). The summed E-state index contributed by atoms with van der Waals surface area (Å²) in [5, 5.41) is 37.8. The van der Waals surface area contributed by atoms with Crippen LogP contribution in [0.3, 0.4) is 0 Å². The first kappa shape index (κ1) is 84.3. The fraction of sp³-hybridized carbons (Fsp3) is 0.129. The number of aliphatic hydroxyl groups is 1. The van der Waals surface area contributed by atoms with Gasteiger partial charge in [-0.05, 0) is 64.4 Å². The third kappa shape index (κ3) is 29.6. The summed E-state index contributed by atoms with van der Waals surface area (Å²) in [6.45, 7) is 5.98. The maximum atomic E-state index is 11.8. The van der Waals surface area contributed by atoms with Gasteiger partial charge in [-0.1, -0.05) is 152 Å². The van der Waals surface area contributed by atoms with Crippen LogP contribution in [0.15, 0.2) is 243 Å². The standard InChI is InChI=1S/C16H14N4O2.C15H17N3O3.C14H10N4O2.C10H9N3.C6H7BO2.C4H4BrN3.C4H6O3.CH4O.K/c1-2-22-15(21)14-10-17-11-20(14)16-18-8-13(9-19-16)12-6-4-3-5-7-12;1-3-21-14(19)13(20-2)18-15-16-9-12(10-17-15)11-7-5-4-6-8-11;19-13(20)12-8-15-9-18(12)14-16-6-11(7-17-14)10-4-2-1-3-5-10;11-10-12-6-9(7-13-10)8-4-2-1-3-5-8;8-7(9)6-4-2-1-3-5-6;5-3-1-7-4(6)8-2-3;1-2-7-4(6)3-5;1-2;/h3-11H,2H2,1H3;4-10,13H,3H2,1-2H3,(H,16,17,18);1-9H,(H,19,20);1-7H,(H2,11,12,13);1-5,8-9H;1-2H,(H2,6,7,8);3H,2H2,1H3;2H,1H3;/q;;;;;;;;+1/p-1. The van der Waals surface area contributed by atoms with Gasteiger partial charge in [-0.25, -0.2) is 74.2 Å². The molecule has 0 saturated heterocycles. The molecule has 7 aromatic heterocycles. The van der Waals surface area contributed by atoms with Crippen LogP contribution in [-0.4, -0.2) is 162 Å². The van der Waals surface area contributed by atoms with Gasteiger partial charge in [-0.3, -0.25) is 13.9 Å². The average Bonchev–Trinajstić information content (AvgIpc) is 1.80. The van der Waals surface area contributed by atoms with Crippen LogP contribution in [0.4, 0.5) is 17.8 Å². The van der Waals surface area contributed by atoms with Crippen molar-refractivity contribution in [3.8, 4) is 56.4 Å². The maximum absolute atomic E-state index is 11.8. The van der Waals surface area contributed by atoms with Crippen molar-refractivity contribution in [3.05, 3.63) is 255 Å². The zero-order valence-electron chi connectivity index (χ0n) is 56.6. The van der Waals surface area contributed by atoms with E-state index < -0.39 is 37.2 Å². The monoisotopic (exact) mass is 1490 g/mol. The molecule has 0 aliphatic carbocycles. The Morgan fingerprint density at radius 1 is 0.505 bits per heavy atom. The number of esters is 3. The van der Waals surface area contributed by atoms with Crippen LogP contribution in [-0.2, 0) is 33.3 Å². The number of nitrogens with one attached hydrogen (secondary N) is 1. The molecule has 30 nitrogen and oxygen atoms in total. The molecule has 0 bridgehead atoms. The zero-order valence-corrected chi connectivity index (χ0v) is 61.3. The van der Waals surface area contributed by atoms with Gasteiger partial charge in [0.25, 0.3) is 0 Å². The van der Waals surface area contributed by atoms with Gasteiger partial charge < -0.3 is 60.8 Å². The minimum Gasteiger partial charge on any atom is -0.543 e. The molecule has 524 valence electrons. The van der Waals surface area contributed by atoms with Crippen LogP contribution in [0.5, 0.6) is 0 Å². The average molecular weight is 1490 g/mol. The van der Waals surface area contributed by atoms with Crippen LogP contribution < -0.4 is 78.7 Å². The molecule has 1 unspecified atom stereocenters. The number of carbonyl (C=O) groups is 5. The van der Waals surface area contributed by atoms with Gasteiger partial charge in [0.05, 0.1) is 48.4 Å². The summed E-state index contributed by atoms with van der Waals surface area (Å²) >= 11 is 3.16. The van der Waals surface area contributed by atoms with E-state index in [1.54, 1.807) is 107 Å². The third-order valence-corrected chi connectivity index (χ3v) is 13.0. The largest absolute Gasteiger partial charge is 1.00 e. The number of hydrogen-bond acceptors (Lipinski definition) is 28. The Bertz CT molecular complexity index is 4350. The Morgan fingerprint density at radius 2 is 0.845 bits per heavy atom. The smallest absolute Gasteiger partial charge is 0.543 e. The normalized spacial score (nSPS) is 9.95. The zero-order chi connectivity index (χ0) is 73.9. The van der Waals surface area contributed by atoms with Gasteiger partial charge in [0, 0.05) is 98.4 Å². The molecule has 1 atom stereocenters. The van der Waals surface area contributed by atoms with Crippen LogP contribution in [0, 0.1) is 0 Å². The van der Waals surface area contributed by atoms with Gasteiger partial charge in [0.1, 0.15) is 12.7 Å². The van der Waals surface area contributed by atoms with Crippen LogP contribution >= 0.6 is 15.9 Å². The second-order valence-corrected chi connectivity index (χ2v) is 20.3. The molecular weight excluding hydrogens is 1420 g/mol. The Kier molecular flexibility index (Phi) is 39.2. The molecule has 0 radical (unpaired) electrons. The first-order chi connectivity index (χ1) is 49.5. The predicted molar refractivity (Wildman–Crippen MR) is 381 cm³/mol. The summed E-state index contributed by atoms with van der Waals surface area (Å²) in [4.78, 5) is 102. The number of methoxy groups -OCH3 is 1. The van der Waals surface area contributed by atoms with Crippen molar-refractivity contribution >= 4 is 76.5 Å². The molecular formula is C70H70BBrKN17O13. The maximum Gasteiger partial charge on any atom is 1.00 e. The number of halogens is 1. The summed E-state index contributed by atoms with van der Waals surface area (Å²) in [7, 11) is 1.07. The van der Waals surface area contributed by atoms with E-state index >= 15 is 0 Å². The van der Waals surface area contributed by atoms with E-state index in [0.717, 1.165) is 56.1 Å². The van der Waals surface area contributed by atoms with E-state index in [1.807, 2.05) is 127 Å². The van der Waals surface area contributed by atoms with Gasteiger partial charge in [0.2, 0.25) is 42.3 Å². The van der Waals surface area contributed by atoms with E-state index in [4.69, 9.17) is 40.8 Å². The number of anilines is 3. The van der Waals surface area contributed by atoms with E-state index in [9.17, 15) is 29.1 Å². The number of nitrogens with two attached hydrogens (primary N) is 2. The molecule has 0 aliphatic heterocycles. The molecule has 8 N–H and O–H groups in total. The SMILES string of the molecule is CCOC(=O)C(Nc1ncc(-c2ccccc2)cn1)OC.CCOC(=O)C=O.CCOC(=O)c1cncn1-c1ncc(-c2ccccc2)cn1.CO.Nc1ncc(-c2ccccc2)cn1.Nc1ncc(Br)cn1.O=C([O-])c1cncn1-c1ncc(-c2ccccc2)cn1.OB(O)c1ccccc1.[K+]. The number of nitrogen functional groups attached to an aromatic ring is 2. The number of aldehydes is 1. The third-order valence-electron chi connectivity index (χ3n) is 12.5. The molecule has 0 fully saturated rings. The van der Waals surface area contributed by atoms with Gasteiger partial charge >= 0.3 is 76.4 Å². The first-order valence-corrected chi connectivity index (χ1v) is 31.2. The summed E-state index contributed by atoms with van der Waals surface area (Å²) < 4.78 is 22.7. The number of hydrogen-bond donors (Lipinski definition) is 6. The number of aliphatic hydroxyl groups excluding tert-OH is 1. The Morgan fingerprint density at radius 3 is 1.17 bits per heavy atom. The molecule has 103 heavy (non-hydrogen) atoms. The number of aromatic nitrogens is 14. The van der Waals surface area contributed by atoms with Crippen LogP contribution in [0.1, 0.15) is 41.7 Å². The number of imidazole rings is 2. The van der Waals surface area contributed by atoms with Gasteiger partial charge in [0.15, 0.2) is 5.69 Å². The first-order valence-electron chi connectivity index (χ1n) is 30.4. The molecule has 7 heterocycles. The number of ether oxygens (including phenoxy) is 4. The number of aromatic carboxylic acids is 1. The van der Waals surface area contributed by atoms with Crippen molar-refractivity contribution in [1.29, 1.82) is 0 Å². The van der Waals surface area contributed by atoms with E-state index in [0.29, 0.717) is 41.6 Å². The quantitative estimate of drug-likeness (QED) is 0.0189. The summed E-state index contributed by atoms with van der Waals surface area (Å²) in [5.41, 5.74) is 19.1. The molecule has 0 saturated carbocycles. The number of rotatable bonds is 17. The summed E-state index contributed by atoms with van der Waals surface area (Å²) in [6, 6.07) is 47.9. The van der Waals surface area contributed by atoms with Crippen molar-refractivity contribution in [1.82, 2.24) is 68.9 Å². The topological polar surface area (TPSA) is 435 Å². The van der Waals surface area contributed by atoms with Crippen LogP contribution in [0.25, 0.3) is 56.4 Å². The number of carbonyl (C=O) groups excluding carboxylic acids is 5. The van der Waals surface area contributed by atoms with Crippen molar-refractivity contribution in [2.24, 2.45) is 0 Å². The predicted octanol–water partition coefficient (Wildman–Crippen LogP) is 3.56. The minimum atomic E-state index is -1.34. The number of benzene rings is 5. The Labute approximate surface area is 643 Å². The van der Waals surface area contributed by atoms with Crippen molar-refractivity contribution in [3.63, 3.8) is 0 Å². The molecule has 0 aliphatic rings. The second-order valence-electron chi connectivity index (χ2n) is 19.4. The van der Waals surface area contributed by atoms with Crippen molar-refractivity contribution < 1.29 is 115 Å². The minimum absolute atomic E-state index is 0. The van der Waals surface area contributed by atoms with E-state index in [-0.39, 0.29) is 82.5 Å². The number of carboxylic acids is 1. The second kappa shape index (κ2) is 47.8. The molecule has 0 amide bonds. The Balaban J connectivity index is 0.000000262.